The lowest BCUT2D eigenvalue weighted by Crippen LogP contribution is -2.62. The largest absolute Gasteiger partial charge is 0.507 e. The maximum absolute atomic E-state index is 12.2. The van der Waals surface area contributed by atoms with Crippen LogP contribution in [0.1, 0.15) is 10.4 Å². The van der Waals surface area contributed by atoms with Gasteiger partial charge in [-0.2, -0.15) is 0 Å². The molecule has 8 N–H and O–H groups in total. The predicted octanol–water partition coefficient (Wildman–Crippen LogP) is -3.83. The number of ether oxygens (including phenoxy) is 4. The van der Waals surface area contributed by atoms with Crippen molar-refractivity contribution in [3.63, 3.8) is 0 Å². The molecule has 1 aromatic carbocycles. The minimum atomic E-state index is -2.32. The van der Waals surface area contributed by atoms with Crippen molar-refractivity contribution in [2.24, 2.45) is 0 Å². The van der Waals surface area contributed by atoms with Gasteiger partial charge in [-0.15, -0.1) is 0 Å². The van der Waals surface area contributed by atoms with Gasteiger partial charge in [0, 0.05) is 0 Å². The summed E-state index contributed by atoms with van der Waals surface area (Å²) in [5, 5.41) is 79.4. The van der Waals surface area contributed by atoms with Crippen molar-refractivity contribution < 1.29 is 64.6 Å². The molecule has 0 aliphatic carbocycles. The number of hydrogen-bond donors (Lipinski definition) is 8. The molecular weight excluding hydrogens is 436 g/mol. The van der Waals surface area contributed by atoms with Crippen LogP contribution in [0.2, 0.25) is 0 Å². The maximum Gasteiger partial charge on any atom is 0.342 e. The van der Waals surface area contributed by atoms with Crippen molar-refractivity contribution in [2.75, 3.05) is 19.8 Å². The molecule has 1 aromatic rings. The molecule has 3 rings (SSSR count). The fraction of sp³-hybridized carbons (Fsp3) is 0.632. The number of aliphatic hydroxyl groups is 7. The van der Waals surface area contributed by atoms with E-state index in [0.717, 1.165) is 0 Å². The zero-order valence-corrected chi connectivity index (χ0v) is 16.7. The van der Waals surface area contributed by atoms with E-state index in [2.05, 4.69) is 0 Å². The number of phenols is 1. The lowest BCUT2D eigenvalue weighted by Gasteiger charge is -2.43. The highest BCUT2D eigenvalue weighted by molar-refractivity contribution is 5.92. The summed E-state index contributed by atoms with van der Waals surface area (Å²) < 4.78 is 21.0. The van der Waals surface area contributed by atoms with Crippen LogP contribution < -0.4 is 0 Å². The van der Waals surface area contributed by atoms with Crippen LogP contribution in [0.5, 0.6) is 5.75 Å². The molecule has 2 heterocycles. The summed E-state index contributed by atoms with van der Waals surface area (Å²) in [6.45, 7) is -2.38. The average molecular weight is 462 g/mol. The van der Waals surface area contributed by atoms with Gasteiger partial charge >= 0.3 is 5.97 Å². The molecule has 13 nitrogen and oxygen atoms in total. The van der Waals surface area contributed by atoms with Gasteiger partial charge in [-0.3, -0.25) is 0 Å². The number of rotatable bonds is 7. The second-order valence-electron chi connectivity index (χ2n) is 7.49. The number of aliphatic hydroxyl groups excluding tert-OH is 7. The Hall–Kier alpha value is -1.91. The highest BCUT2D eigenvalue weighted by Crippen LogP contribution is 2.36. The summed E-state index contributed by atoms with van der Waals surface area (Å²) in [6, 6.07) is 5.55. The van der Waals surface area contributed by atoms with Crippen LogP contribution in [-0.2, 0) is 18.9 Å². The molecule has 0 amide bonds. The molecule has 32 heavy (non-hydrogen) atoms. The summed E-state index contributed by atoms with van der Waals surface area (Å²) in [7, 11) is 0. The van der Waals surface area contributed by atoms with Crippen LogP contribution in [0.15, 0.2) is 24.3 Å². The molecule has 0 unspecified atom stereocenters. The lowest BCUT2D eigenvalue weighted by molar-refractivity contribution is -0.383. The van der Waals surface area contributed by atoms with Crippen LogP contribution in [-0.4, -0.2) is 121 Å². The number of hydrogen-bond acceptors (Lipinski definition) is 13. The summed E-state index contributed by atoms with van der Waals surface area (Å²) >= 11 is 0. The highest BCUT2D eigenvalue weighted by Gasteiger charge is 2.58. The molecule has 13 heteroatoms. The number of carbonyl (C=O) groups is 1. The normalized spacial score (nSPS) is 39.7. The van der Waals surface area contributed by atoms with Crippen LogP contribution in [0, 0.1) is 0 Å². The molecule has 180 valence electrons. The Balaban J connectivity index is 1.71. The molecule has 0 spiro atoms. The van der Waals surface area contributed by atoms with Gasteiger partial charge in [-0.1, -0.05) is 12.1 Å². The Morgan fingerprint density at radius 3 is 2.25 bits per heavy atom. The Labute approximate surface area is 181 Å². The van der Waals surface area contributed by atoms with Crippen molar-refractivity contribution in [2.45, 2.75) is 54.8 Å². The number of carbonyl (C=O) groups excluding carboxylic acids is 1. The van der Waals surface area contributed by atoms with Crippen molar-refractivity contribution in [1.29, 1.82) is 0 Å². The first-order valence-corrected chi connectivity index (χ1v) is 9.73. The number of aromatic hydroxyl groups is 1. The molecule has 0 bridgehead atoms. The smallest absolute Gasteiger partial charge is 0.342 e. The number of para-hydroxylation sites is 1. The summed E-state index contributed by atoms with van der Waals surface area (Å²) in [6.07, 6.45) is -13.5. The van der Waals surface area contributed by atoms with E-state index in [4.69, 9.17) is 18.9 Å². The zero-order chi connectivity index (χ0) is 23.6. The molecule has 2 aliphatic rings. The fourth-order valence-electron chi connectivity index (χ4n) is 3.50. The quantitative estimate of drug-likeness (QED) is 0.183. The third kappa shape index (κ3) is 4.58. The maximum atomic E-state index is 12.2. The first-order chi connectivity index (χ1) is 15.1. The second-order valence-corrected chi connectivity index (χ2v) is 7.49. The van der Waals surface area contributed by atoms with Crippen LogP contribution in [0.3, 0.4) is 0 Å². The Morgan fingerprint density at radius 1 is 0.969 bits per heavy atom. The zero-order valence-electron chi connectivity index (χ0n) is 16.7. The van der Waals surface area contributed by atoms with Gasteiger partial charge in [0.15, 0.2) is 6.29 Å². The SMILES string of the molecule is O=C(OC[C@H]1O[C@H](O[C@]2(CO)O[C@H](CO)[C@@H](O)[C@@H]2O)[C@H](O)[C@@H](O)[C@@H]1O)c1ccccc1O. The monoisotopic (exact) mass is 462 g/mol. The van der Waals surface area contributed by atoms with Gasteiger partial charge in [-0.05, 0) is 12.1 Å². The van der Waals surface area contributed by atoms with E-state index < -0.39 is 80.6 Å². The van der Waals surface area contributed by atoms with Gasteiger partial charge in [0.05, 0.1) is 6.61 Å². The summed E-state index contributed by atoms with van der Waals surface area (Å²) in [5.74, 6) is -3.61. The number of benzene rings is 1. The minimum Gasteiger partial charge on any atom is -0.507 e. The molecule has 0 saturated carbocycles. The van der Waals surface area contributed by atoms with E-state index in [1.807, 2.05) is 0 Å². The Bertz CT molecular complexity index is 790. The molecule has 2 aliphatic heterocycles. The average Bonchev–Trinajstić information content (AvgIpc) is 3.03. The van der Waals surface area contributed by atoms with Gasteiger partial charge < -0.3 is 59.8 Å². The van der Waals surface area contributed by atoms with Crippen LogP contribution >= 0.6 is 0 Å². The number of phenolic OH excluding ortho intramolecular Hbond substituents is 1. The Morgan fingerprint density at radius 2 is 1.66 bits per heavy atom. The van der Waals surface area contributed by atoms with Crippen molar-refractivity contribution in [3.8, 4) is 5.75 Å². The summed E-state index contributed by atoms with van der Waals surface area (Å²) in [4.78, 5) is 12.2. The molecule has 9 atom stereocenters. The second kappa shape index (κ2) is 9.93. The third-order valence-corrected chi connectivity index (χ3v) is 5.39. The van der Waals surface area contributed by atoms with Crippen molar-refractivity contribution in [1.82, 2.24) is 0 Å². The molecule has 2 fully saturated rings. The van der Waals surface area contributed by atoms with E-state index in [9.17, 15) is 45.6 Å². The minimum absolute atomic E-state index is 0.156. The molecular formula is C19H26O13. The van der Waals surface area contributed by atoms with E-state index in [1.54, 1.807) is 0 Å². The molecule has 0 radical (unpaired) electrons. The standard InChI is InChI=1S/C19H26O13/c20-5-10-13(24)16(27)19(7-21,31-10)32-18-15(26)14(25)12(23)11(30-18)6-29-17(28)8-3-1-2-4-9(8)22/h1-4,10-16,18,20-27H,5-7H2/t10-,11-,12-,13-,14+,15-,16+,18-,19+/m1/s1. The van der Waals surface area contributed by atoms with Gasteiger partial charge in [0.25, 0.3) is 0 Å². The van der Waals surface area contributed by atoms with E-state index in [-0.39, 0.29) is 11.3 Å². The van der Waals surface area contributed by atoms with Crippen molar-refractivity contribution in [3.05, 3.63) is 29.8 Å². The Kier molecular flexibility index (Phi) is 7.67. The highest BCUT2D eigenvalue weighted by atomic mass is 16.8. The lowest BCUT2D eigenvalue weighted by atomic mass is 9.99. The first kappa shape index (κ1) is 24.7. The molecule has 2 saturated heterocycles. The van der Waals surface area contributed by atoms with Crippen molar-refractivity contribution >= 4 is 5.97 Å². The van der Waals surface area contributed by atoms with Gasteiger partial charge in [0.1, 0.15) is 67.3 Å². The van der Waals surface area contributed by atoms with Gasteiger partial charge in [-0.25, -0.2) is 4.79 Å². The van der Waals surface area contributed by atoms with Crippen LogP contribution in [0.4, 0.5) is 0 Å². The fourth-order valence-corrected chi connectivity index (χ4v) is 3.50. The third-order valence-electron chi connectivity index (χ3n) is 5.39. The number of esters is 1. The van der Waals surface area contributed by atoms with E-state index >= 15 is 0 Å². The molecule has 0 aromatic heterocycles. The van der Waals surface area contributed by atoms with Gasteiger partial charge in [0.2, 0.25) is 5.79 Å². The van der Waals surface area contributed by atoms with Crippen LogP contribution in [0.25, 0.3) is 0 Å². The summed E-state index contributed by atoms with van der Waals surface area (Å²) in [5.41, 5.74) is -0.156. The van der Waals surface area contributed by atoms with E-state index in [1.165, 1.54) is 24.3 Å². The predicted molar refractivity (Wildman–Crippen MR) is 99.9 cm³/mol. The first-order valence-electron chi connectivity index (χ1n) is 9.73. The topological polar surface area (TPSA) is 216 Å². The van der Waals surface area contributed by atoms with E-state index in [0.29, 0.717) is 0 Å².